The van der Waals surface area contributed by atoms with E-state index in [1.165, 1.54) is 186 Å². The first-order valence-corrected chi connectivity index (χ1v) is 41.2. The average Bonchev–Trinajstić information content (AvgIpc) is 2.01. The minimum absolute atomic E-state index is 0.0626. The number of nitrogens with zero attached hydrogens (tertiary/aromatic N) is 1. The number of likely N-dealkylation sites (N-methyl/N-ethyl adjacent to an activating group) is 1. The van der Waals surface area contributed by atoms with Crippen molar-refractivity contribution in [1.29, 1.82) is 0 Å². The largest absolute Gasteiger partial charge is 0.472 e. The summed E-state index contributed by atoms with van der Waals surface area (Å²) in [5.41, 5.74) is 0. The molecule has 1 amide bonds. The molecule has 0 bridgehead atoms. The molecule has 0 saturated heterocycles. The van der Waals surface area contributed by atoms with Gasteiger partial charge in [0.15, 0.2) is 0 Å². The highest BCUT2D eigenvalue weighted by atomic mass is 31.2. The minimum atomic E-state index is -4.35. The molecule has 0 aliphatic heterocycles. The van der Waals surface area contributed by atoms with Gasteiger partial charge >= 0.3 is 7.82 Å². The number of phosphoric acid groups is 1. The Morgan fingerprint density at radius 3 is 0.926 bits per heavy atom. The number of allylic oxidation sites excluding steroid dienone is 24. The molecule has 0 aromatic rings. The molecule has 9 heteroatoms. The summed E-state index contributed by atoms with van der Waals surface area (Å²) in [6.07, 6.45) is 114. The van der Waals surface area contributed by atoms with E-state index in [1.807, 2.05) is 21.1 Å². The molecular formula is C86H152N2O6P+. The van der Waals surface area contributed by atoms with Gasteiger partial charge in [0.05, 0.1) is 39.9 Å². The van der Waals surface area contributed by atoms with Crippen LogP contribution in [-0.4, -0.2) is 73.4 Å². The molecule has 0 rings (SSSR count). The number of hydrogen-bond donors (Lipinski definition) is 3. The Morgan fingerprint density at radius 1 is 0.368 bits per heavy atom. The molecule has 546 valence electrons. The zero-order valence-corrected chi connectivity index (χ0v) is 63.5. The number of phosphoric ester groups is 1. The van der Waals surface area contributed by atoms with E-state index in [0.29, 0.717) is 23.9 Å². The van der Waals surface area contributed by atoms with Gasteiger partial charge in [-0.25, -0.2) is 4.57 Å². The molecule has 0 aromatic carbocycles. The van der Waals surface area contributed by atoms with Gasteiger partial charge in [0, 0.05) is 6.42 Å². The lowest BCUT2D eigenvalue weighted by molar-refractivity contribution is -0.870. The lowest BCUT2D eigenvalue weighted by Crippen LogP contribution is -2.46. The van der Waals surface area contributed by atoms with Gasteiger partial charge in [0.2, 0.25) is 5.91 Å². The third-order valence-electron chi connectivity index (χ3n) is 17.4. The Balaban J connectivity index is 4.10. The van der Waals surface area contributed by atoms with Crippen LogP contribution in [0, 0.1) is 0 Å². The topological polar surface area (TPSA) is 105 Å². The van der Waals surface area contributed by atoms with Crippen LogP contribution in [0.15, 0.2) is 146 Å². The summed E-state index contributed by atoms with van der Waals surface area (Å²) in [6, 6.07) is -0.788. The molecule has 3 N–H and O–H groups in total. The second kappa shape index (κ2) is 74.6. The van der Waals surface area contributed by atoms with Crippen molar-refractivity contribution in [2.24, 2.45) is 0 Å². The van der Waals surface area contributed by atoms with E-state index in [0.717, 1.165) is 128 Å². The summed E-state index contributed by atoms with van der Waals surface area (Å²) in [5.74, 6) is -0.170. The number of hydrogen-bond acceptors (Lipinski definition) is 5. The number of rotatable bonds is 72. The summed E-state index contributed by atoms with van der Waals surface area (Å²) in [5, 5.41) is 14.2. The number of aliphatic hydroxyl groups is 1. The second-order valence-corrected chi connectivity index (χ2v) is 29.2. The quantitative estimate of drug-likeness (QED) is 0.0243. The van der Waals surface area contributed by atoms with Gasteiger partial charge < -0.3 is 19.8 Å². The third-order valence-corrected chi connectivity index (χ3v) is 18.3. The van der Waals surface area contributed by atoms with Gasteiger partial charge in [-0.15, -0.1) is 0 Å². The van der Waals surface area contributed by atoms with E-state index in [1.54, 1.807) is 0 Å². The van der Waals surface area contributed by atoms with Crippen LogP contribution in [0.4, 0.5) is 0 Å². The Kier molecular flexibility index (Phi) is 71.8. The molecular weight excluding hydrogens is 1190 g/mol. The van der Waals surface area contributed by atoms with Crippen molar-refractivity contribution in [3.05, 3.63) is 146 Å². The predicted molar refractivity (Wildman–Crippen MR) is 419 cm³/mol. The van der Waals surface area contributed by atoms with Crippen LogP contribution in [0.3, 0.4) is 0 Å². The number of unbranched alkanes of at least 4 members (excludes halogenated alkanes) is 35. The molecule has 0 heterocycles. The monoisotopic (exact) mass is 1340 g/mol. The van der Waals surface area contributed by atoms with E-state index in [4.69, 9.17) is 9.05 Å². The Morgan fingerprint density at radius 2 is 0.632 bits per heavy atom. The number of carbonyl (C=O) groups excluding carboxylic acids is 1. The first kappa shape index (κ1) is 91.4. The summed E-state index contributed by atoms with van der Waals surface area (Å²) in [4.78, 5) is 23.5. The molecule has 3 unspecified atom stereocenters. The van der Waals surface area contributed by atoms with Gasteiger partial charge in [-0.3, -0.25) is 13.8 Å². The first-order chi connectivity index (χ1) is 46.5. The fourth-order valence-corrected chi connectivity index (χ4v) is 12.0. The van der Waals surface area contributed by atoms with E-state index in [-0.39, 0.29) is 19.1 Å². The number of aliphatic hydroxyl groups excluding tert-OH is 1. The van der Waals surface area contributed by atoms with Crippen LogP contribution in [0.2, 0.25) is 0 Å². The molecule has 0 saturated carbocycles. The summed E-state index contributed by atoms with van der Waals surface area (Å²) < 4.78 is 23.9. The van der Waals surface area contributed by atoms with E-state index in [2.05, 4.69) is 165 Å². The summed E-state index contributed by atoms with van der Waals surface area (Å²) in [7, 11) is 1.59. The SMILES string of the molecule is CC/C=C\C/C=C\C/C=C\C/C=C\C/C=C\C/C=C\C/C=C\C/C=C\C/C=C\C/C=C\C/C=C\C/C=C\CCCCCCC(=O)NC(COP(=O)(O)OCC[N+](C)(C)C)C(O)CCCCCCCCCCCCCCCCCCCCCCCCCCCCCCCCCC. The van der Waals surface area contributed by atoms with Crippen LogP contribution >= 0.6 is 7.82 Å². The van der Waals surface area contributed by atoms with Crippen LogP contribution in [-0.2, 0) is 18.4 Å². The minimum Gasteiger partial charge on any atom is -0.391 e. The first-order valence-electron chi connectivity index (χ1n) is 39.7. The van der Waals surface area contributed by atoms with Gasteiger partial charge in [0.25, 0.3) is 0 Å². The Labute approximate surface area is 589 Å². The van der Waals surface area contributed by atoms with Crippen molar-refractivity contribution < 1.29 is 32.9 Å². The number of quaternary nitrogens is 1. The van der Waals surface area contributed by atoms with Gasteiger partial charge in [-0.1, -0.05) is 378 Å². The lowest BCUT2D eigenvalue weighted by atomic mass is 10.0. The van der Waals surface area contributed by atoms with E-state index in [9.17, 15) is 19.4 Å². The lowest BCUT2D eigenvalue weighted by Gasteiger charge is -2.26. The smallest absolute Gasteiger partial charge is 0.391 e. The maximum Gasteiger partial charge on any atom is 0.472 e. The fraction of sp³-hybridized carbons (Fsp3) is 0.709. The summed E-state index contributed by atoms with van der Waals surface area (Å²) >= 11 is 0. The van der Waals surface area contributed by atoms with Crippen LogP contribution in [0.25, 0.3) is 0 Å². The van der Waals surface area contributed by atoms with Gasteiger partial charge in [0.1, 0.15) is 13.2 Å². The average molecular weight is 1340 g/mol. The molecule has 0 spiro atoms. The van der Waals surface area contributed by atoms with E-state index < -0.39 is 20.0 Å². The maximum absolute atomic E-state index is 13.1. The molecule has 95 heavy (non-hydrogen) atoms. The maximum atomic E-state index is 13.1. The van der Waals surface area contributed by atoms with Gasteiger partial charge in [-0.2, -0.15) is 0 Å². The van der Waals surface area contributed by atoms with Crippen molar-refractivity contribution in [2.45, 2.75) is 353 Å². The zero-order chi connectivity index (χ0) is 69.0. The van der Waals surface area contributed by atoms with Crippen molar-refractivity contribution in [3.63, 3.8) is 0 Å². The number of nitrogens with one attached hydrogen (secondary N) is 1. The van der Waals surface area contributed by atoms with Crippen molar-refractivity contribution >= 4 is 13.7 Å². The Hall–Kier alpha value is -3.62. The van der Waals surface area contributed by atoms with Crippen LogP contribution in [0.1, 0.15) is 341 Å². The highest BCUT2D eigenvalue weighted by molar-refractivity contribution is 7.47. The second-order valence-electron chi connectivity index (χ2n) is 27.7. The fourth-order valence-electron chi connectivity index (χ4n) is 11.3. The molecule has 0 aromatic heterocycles. The third kappa shape index (κ3) is 77.6. The molecule has 8 nitrogen and oxygen atoms in total. The van der Waals surface area contributed by atoms with Crippen molar-refractivity contribution in [1.82, 2.24) is 5.32 Å². The number of carbonyl (C=O) groups is 1. The molecule has 0 aliphatic rings. The van der Waals surface area contributed by atoms with Gasteiger partial charge in [-0.05, 0) is 103 Å². The standard InChI is InChI=1S/C86H151N2O6P/c1-6-8-10-12-14-16-18-20-22-24-26-28-30-32-34-36-38-40-41-42-43-44-45-46-47-48-50-52-54-56-58-60-62-64-66-68-70-72-74-76-78-80-86(90)87-84(83-94-95(91,92)93-82-81-88(3,4)5)85(89)79-77-75-73-71-69-67-65-63-61-59-57-55-53-51-49-39-37-35-33-31-29-27-25-23-21-19-17-15-13-11-9-7-2/h8,10,14,16,20,22,26,28,32,34,38,40,42-43,45-46,48,50,54,56,60,62,66,68,84-85,89H,6-7,9,11-13,15,17-19,21,23-25,27,29-31,33,35-37,39,41,44,47,49,51-53,55,57-59,61,63-65,67,69-83H2,1-5H3,(H-,87,90,91,92)/p+1/b10-8-,16-14-,22-20-,28-26-,34-32-,40-38-,43-42-,46-45-,50-48-,56-54-,62-60-,68-66-. The van der Waals surface area contributed by atoms with E-state index >= 15 is 0 Å². The predicted octanol–water partition coefficient (Wildman–Crippen LogP) is 26.3. The molecule has 0 aliphatic carbocycles. The highest BCUT2D eigenvalue weighted by Gasteiger charge is 2.28. The highest BCUT2D eigenvalue weighted by Crippen LogP contribution is 2.43. The summed E-state index contributed by atoms with van der Waals surface area (Å²) in [6.45, 7) is 4.78. The normalized spacial score (nSPS) is 14.3. The van der Waals surface area contributed by atoms with Crippen molar-refractivity contribution in [2.75, 3.05) is 40.9 Å². The molecule has 0 fully saturated rings. The zero-order valence-electron chi connectivity index (χ0n) is 62.6. The molecule has 3 atom stereocenters. The molecule has 0 radical (unpaired) electrons. The Bertz CT molecular complexity index is 2070. The van der Waals surface area contributed by atoms with Crippen LogP contribution in [0.5, 0.6) is 0 Å². The number of amides is 1. The van der Waals surface area contributed by atoms with Crippen molar-refractivity contribution in [3.8, 4) is 0 Å². The van der Waals surface area contributed by atoms with Crippen LogP contribution < -0.4 is 5.32 Å².